The first-order valence-electron chi connectivity index (χ1n) is 5.20. The summed E-state index contributed by atoms with van der Waals surface area (Å²) in [5.74, 6) is 7.94. The maximum atomic E-state index is 3.35. The van der Waals surface area contributed by atoms with Crippen LogP contribution in [0.1, 0.15) is 45.4 Å². The molecule has 1 aliphatic heterocycles. The van der Waals surface area contributed by atoms with E-state index in [1.807, 2.05) is 21.6 Å². The summed E-state index contributed by atoms with van der Waals surface area (Å²) in [6.45, 7) is 2.25. The van der Waals surface area contributed by atoms with Crippen LogP contribution >= 0.6 is 21.6 Å². The SMILES string of the molecule is CCCCCCC#CC1CCSS1. The fourth-order valence-electron chi connectivity index (χ4n) is 1.26. The Bertz CT molecular complexity index is 172. The fourth-order valence-corrected chi connectivity index (χ4v) is 3.85. The number of hydrogen-bond donors (Lipinski definition) is 0. The minimum absolute atomic E-state index is 0.635. The Labute approximate surface area is 90.0 Å². The Kier molecular flexibility index (Phi) is 6.67. The maximum absolute atomic E-state index is 3.35. The van der Waals surface area contributed by atoms with E-state index in [4.69, 9.17) is 0 Å². The molecule has 1 unspecified atom stereocenters. The number of unbranched alkanes of at least 4 members (excludes halogenated alkanes) is 4. The summed E-state index contributed by atoms with van der Waals surface area (Å²) in [6, 6.07) is 0. The highest BCUT2D eigenvalue weighted by Crippen LogP contribution is 2.36. The van der Waals surface area contributed by atoms with E-state index in [0.29, 0.717) is 5.25 Å². The molecule has 1 aliphatic rings. The fraction of sp³-hybridized carbons (Fsp3) is 0.818. The summed E-state index contributed by atoms with van der Waals surface area (Å²) >= 11 is 0. The second-order valence-electron chi connectivity index (χ2n) is 3.33. The molecule has 0 saturated carbocycles. The Morgan fingerprint density at radius 1 is 1.31 bits per heavy atom. The summed E-state index contributed by atoms with van der Waals surface area (Å²) < 4.78 is 0. The van der Waals surface area contributed by atoms with E-state index >= 15 is 0 Å². The minimum Gasteiger partial charge on any atom is -0.102 e. The standard InChI is InChI=1S/C11H18S2/c1-2-3-4-5-6-7-8-11-9-10-12-13-11/h11H,2-6,9-10H2,1H3. The lowest BCUT2D eigenvalue weighted by Gasteiger charge is -1.94. The molecule has 0 amide bonds. The molecule has 0 spiro atoms. The Hall–Kier alpha value is 0.260. The topological polar surface area (TPSA) is 0 Å². The monoisotopic (exact) mass is 214 g/mol. The molecule has 74 valence electrons. The molecule has 1 rings (SSSR count). The van der Waals surface area contributed by atoms with Crippen molar-refractivity contribution >= 4 is 21.6 Å². The van der Waals surface area contributed by atoms with Crippen molar-refractivity contribution in [3.63, 3.8) is 0 Å². The van der Waals surface area contributed by atoms with Gasteiger partial charge in [-0.1, -0.05) is 53.7 Å². The molecule has 0 nitrogen and oxygen atoms in total. The lowest BCUT2D eigenvalue weighted by Crippen LogP contribution is -1.90. The molecule has 0 aliphatic carbocycles. The van der Waals surface area contributed by atoms with Crippen LogP contribution in [0.2, 0.25) is 0 Å². The Morgan fingerprint density at radius 2 is 2.23 bits per heavy atom. The molecule has 1 fully saturated rings. The summed E-state index contributed by atoms with van der Waals surface area (Å²) in [6.07, 6.45) is 7.75. The van der Waals surface area contributed by atoms with Gasteiger partial charge < -0.3 is 0 Å². The molecule has 0 N–H and O–H groups in total. The summed E-state index contributed by atoms with van der Waals surface area (Å²) in [4.78, 5) is 0. The molecular weight excluding hydrogens is 196 g/mol. The average molecular weight is 214 g/mol. The number of rotatable bonds is 4. The van der Waals surface area contributed by atoms with Gasteiger partial charge in [-0.2, -0.15) is 0 Å². The molecule has 0 aromatic heterocycles. The molecule has 1 heterocycles. The van der Waals surface area contributed by atoms with Gasteiger partial charge in [0.25, 0.3) is 0 Å². The van der Waals surface area contributed by atoms with Crippen LogP contribution in [0.15, 0.2) is 0 Å². The smallest absolute Gasteiger partial charge is 0.0768 e. The van der Waals surface area contributed by atoms with Crippen molar-refractivity contribution in [2.24, 2.45) is 0 Å². The first kappa shape index (κ1) is 11.3. The average Bonchev–Trinajstić information content (AvgIpc) is 2.63. The second kappa shape index (κ2) is 7.64. The molecular formula is C11H18S2. The van der Waals surface area contributed by atoms with Crippen LogP contribution in [0, 0.1) is 11.8 Å². The largest absolute Gasteiger partial charge is 0.102 e. The predicted octanol–water partition coefficient (Wildman–Crippen LogP) is 4.11. The van der Waals surface area contributed by atoms with Gasteiger partial charge in [0.05, 0.1) is 5.25 Å². The molecule has 0 bridgehead atoms. The van der Waals surface area contributed by atoms with Crippen LogP contribution in [0.25, 0.3) is 0 Å². The van der Waals surface area contributed by atoms with Gasteiger partial charge in [-0.15, -0.1) is 5.92 Å². The van der Waals surface area contributed by atoms with E-state index in [9.17, 15) is 0 Å². The third-order valence-corrected chi connectivity index (χ3v) is 4.80. The molecule has 13 heavy (non-hydrogen) atoms. The quantitative estimate of drug-likeness (QED) is 0.392. The zero-order chi connectivity index (χ0) is 9.36. The van der Waals surface area contributed by atoms with E-state index in [0.717, 1.165) is 6.42 Å². The van der Waals surface area contributed by atoms with Crippen LogP contribution in [-0.4, -0.2) is 11.0 Å². The van der Waals surface area contributed by atoms with Gasteiger partial charge in [0, 0.05) is 12.2 Å². The van der Waals surface area contributed by atoms with Crippen LogP contribution < -0.4 is 0 Å². The molecule has 1 atom stereocenters. The van der Waals surface area contributed by atoms with Crippen LogP contribution in [0.5, 0.6) is 0 Å². The third-order valence-electron chi connectivity index (χ3n) is 2.07. The van der Waals surface area contributed by atoms with Gasteiger partial charge in [0.2, 0.25) is 0 Å². The third kappa shape index (κ3) is 5.54. The van der Waals surface area contributed by atoms with E-state index in [2.05, 4.69) is 18.8 Å². The maximum Gasteiger partial charge on any atom is 0.0768 e. The normalized spacial score (nSPS) is 21.2. The molecule has 2 heteroatoms. The number of hydrogen-bond acceptors (Lipinski definition) is 2. The van der Waals surface area contributed by atoms with Crippen LogP contribution in [0.4, 0.5) is 0 Å². The van der Waals surface area contributed by atoms with E-state index in [1.165, 1.54) is 37.9 Å². The van der Waals surface area contributed by atoms with Crippen molar-refractivity contribution in [1.29, 1.82) is 0 Å². The van der Waals surface area contributed by atoms with Crippen molar-refractivity contribution in [2.75, 3.05) is 5.75 Å². The molecule has 0 aromatic carbocycles. The second-order valence-corrected chi connectivity index (χ2v) is 6.02. The Balaban J connectivity index is 1.96. The highest BCUT2D eigenvalue weighted by atomic mass is 33.1. The van der Waals surface area contributed by atoms with Crippen molar-refractivity contribution in [3.8, 4) is 11.8 Å². The van der Waals surface area contributed by atoms with Gasteiger partial charge in [-0.05, 0) is 12.8 Å². The molecule has 0 aromatic rings. The van der Waals surface area contributed by atoms with Crippen molar-refractivity contribution < 1.29 is 0 Å². The van der Waals surface area contributed by atoms with Crippen molar-refractivity contribution in [3.05, 3.63) is 0 Å². The highest BCUT2D eigenvalue weighted by Gasteiger charge is 2.12. The minimum atomic E-state index is 0.635. The van der Waals surface area contributed by atoms with Crippen molar-refractivity contribution in [2.45, 2.75) is 50.7 Å². The molecule has 1 saturated heterocycles. The van der Waals surface area contributed by atoms with E-state index in [-0.39, 0.29) is 0 Å². The summed E-state index contributed by atoms with van der Waals surface area (Å²) in [7, 11) is 3.92. The van der Waals surface area contributed by atoms with Gasteiger partial charge >= 0.3 is 0 Å². The first-order valence-corrected chi connectivity index (χ1v) is 7.58. The van der Waals surface area contributed by atoms with Crippen LogP contribution in [0.3, 0.4) is 0 Å². The van der Waals surface area contributed by atoms with Gasteiger partial charge in [-0.3, -0.25) is 0 Å². The summed E-state index contributed by atoms with van der Waals surface area (Å²) in [5, 5.41) is 0.635. The van der Waals surface area contributed by atoms with Gasteiger partial charge in [-0.25, -0.2) is 0 Å². The van der Waals surface area contributed by atoms with Gasteiger partial charge in [0.15, 0.2) is 0 Å². The zero-order valence-corrected chi connectivity index (χ0v) is 9.98. The van der Waals surface area contributed by atoms with E-state index < -0.39 is 0 Å². The predicted molar refractivity (Wildman–Crippen MR) is 65.0 cm³/mol. The van der Waals surface area contributed by atoms with Crippen molar-refractivity contribution in [1.82, 2.24) is 0 Å². The van der Waals surface area contributed by atoms with E-state index in [1.54, 1.807) is 0 Å². The lowest BCUT2D eigenvalue weighted by atomic mass is 10.1. The first-order chi connectivity index (χ1) is 6.43. The lowest BCUT2D eigenvalue weighted by molar-refractivity contribution is 0.679. The Morgan fingerprint density at radius 3 is 2.92 bits per heavy atom. The van der Waals surface area contributed by atoms with Crippen LogP contribution in [-0.2, 0) is 0 Å². The van der Waals surface area contributed by atoms with Gasteiger partial charge in [0.1, 0.15) is 0 Å². The summed E-state index contributed by atoms with van der Waals surface area (Å²) in [5.41, 5.74) is 0. The highest BCUT2D eigenvalue weighted by molar-refractivity contribution is 8.77. The molecule has 0 radical (unpaired) electrons. The zero-order valence-electron chi connectivity index (χ0n) is 8.34.